The zero-order valence-electron chi connectivity index (χ0n) is 12.9. The number of carbonyl (C=O) groups is 1. The molecular formula is C16H21N3OS2. The molecule has 3 heterocycles. The van der Waals surface area contributed by atoms with Crippen molar-refractivity contribution in [3.05, 3.63) is 38.5 Å². The molecule has 0 saturated carbocycles. The predicted octanol–water partition coefficient (Wildman–Crippen LogP) is 3.15. The van der Waals surface area contributed by atoms with Gasteiger partial charge in [-0.2, -0.15) is 11.3 Å². The zero-order chi connectivity index (χ0) is 15.5. The van der Waals surface area contributed by atoms with Gasteiger partial charge in [-0.05, 0) is 30.7 Å². The molecule has 0 bridgehead atoms. The third-order valence-corrected chi connectivity index (χ3v) is 5.72. The molecule has 1 N–H and O–H groups in total. The largest absolute Gasteiger partial charge is 0.349 e. The fraction of sp³-hybridized carbons (Fsp3) is 0.500. The van der Waals surface area contributed by atoms with Crippen LogP contribution in [0.1, 0.15) is 33.6 Å². The maximum atomic E-state index is 12.2. The van der Waals surface area contributed by atoms with Crippen LogP contribution in [0.15, 0.2) is 23.0 Å². The highest BCUT2D eigenvalue weighted by Crippen LogP contribution is 2.21. The van der Waals surface area contributed by atoms with Gasteiger partial charge in [0.2, 0.25) is 0 Å². The van der Waals surface area contributed by atoms with Gasteiger partial charge in [0.05, 0.1) is 5.01 Å². The lowest BCUT2D eigenvalue weighted by Gasteiger charge is -2.37. The summed E-state index contributed by atoms with van der Waals surface area (Å²) < 4.78 is 0. The number of nitrogens with one attached hydrogen (secondary N) is 1. The molecule has 2 atom stereocenters. The molecule has 1 amide bonds. The van der Waals surface area contributed by atoms with E-state index >= 15 is 0 Å². The van der Waals surface area contributed by atoms with Gasteiger partial charge in [-0.1, -0.05) is 6.92 Å². The Morgan fingerprint density at radius 3 is 3.05 bits per heavy atom. The summed E-state index contributed by atoms with van der Waals surface area (Å²) in [6.45, 7) is 7.29. The lowest BCUT2D eigenvalue weighted by molar-refractivity contribution is 0.0862. The van der Waals surface area contributed by atoms with Gasteiger partial charge in [-0.3, -0.25) is 9.69 Å². The summed E-state index contributed by atoms with van der Waals surface area (Å²) in [4.78, 5) is 20.3. The fourth-order valence-corrected chi connectivity index (χ4v) is 4.41. The van der Waals surface area contributed by atoms with Gasteiger partial charge >= 0.3 is 0 Å². The normalized spacial score (nSPS) is 22.6. The Bertz CT molecular complexity index is 623. The second-order valence-corrected chi connectivity index (χ2v) is 8.04. The average molecular weight is 335 g/mol. The molecule has 22 heavy (non-hydrogen) atoms. The molecule has 2 aromatic heterocycles. The molecule has 2 unspecified atom stereocenters. The van der Waals surface area contributed by atoms with Crippen molar-refractivity contribution in [2.45, 2.75) is 32.9 Å². The number of aryl methyl sites for hydroxylation is 1. The third kappa shape index (κ3) is 3.74. The highest BCUT2D eigenvalue weighted by molar-refractivity contribution is 7.11. The van der Waals surface area contributed by atoms with E-state index in [0.29, 0.717) is 5.92 Å². The second kappa shape index (κ2) is 6.89. The Hall–Kier alpha value is -1.24. The topological polar surface area (TPSA) is 45.2 Å². The number of hydrogen-bond donors (Lipinski definition) is 1. The number of hydrogen-bond acceptors (Lipinski definition) is 5. The molecule has 0 aromatic carbocycles. The average Bonchev–Trinajstić information content (AvgIpc) is 3.13. The van der Waals surface area contributed by atoms with Crippen LogP contribution in [0.5, 0.6) is 0 Å². The maximum Gasteiger partial charge on any atom is 0.252 e. The lowest BCUT2D eigenvalue weighted by atomic mass is 9.93. The Labute approximate surface area is 139 Å². The second-order valence-electron chi connectivity index (χ2n) is 5.94. The van der Waals surface area contributed by atoms with Gasteiger partial charge < -0.3 is 5.32 Å². The first-order chi connectivity index (χ1) is 10.6. The van der Waals surface area contributed by atoms with Crippen LogP contribution in [0.25, 0.3) is 0 Å². The molecule has 1 aliphatic rings. The van der Waals surface area contributed by atoms with Gasteiger partial charge in [0.25, 0.3) is 5.91 Å². The van der Waals surface area contributed by atoms with E-state index in [-0.39, 0.29) is 11.9 Å². The summed E-state index contributed by atoms with van der Waals surface area (Å²) >= 11 is 3.33. The number of piperidine rings is 1. The van der Waals surface area contributed by atoms with Gasteiger partial charge in [0, 0.05) is 47.7 Å². The molecule has 2 aromatic rings. The Kier molecular flexibility index (Phi) is 4.90. The molecule has 1 saturated heterocycles. The summed E-state index contributed by atoms with van der Waals surface area (Å²) in [5.41, 5.74) is 0.778. The molecule has 3 rings (SSSR count). The summed E-state index contributed by atoms with van der Waals surface area (Å²) in [5.74, 6) is 0.523. The summed E-state index contributed by atoms with van der Waals surface area (Å²) in [7, 11) is 0. The van der Waals surface area contributed by atoms with Crippen LogP contribution in [-0.2, 0) is 6.54 Å². The van der Waals surface area contributed by atoms with Crippen LogP contribution < -0.4 is 5.32 Å². The van der Waals surface area contributed by atoms with Crippen molar-refractivity contribution >= 4 is 28.6 Å². The molecule has 1 fully saturated rings. The number of amides is 1. The van der Waals surface area contributed by atoms with Crippen molar-refractivity contribution < 1.29 is 4.79 Å². The fourth-order valence-electron chi connectivity index (χ4n) is 2.93. The van der Waals surface area contributed by atoms with E-state index in [1.807, 2.05) is 29.9 Å². The van der Waals surface area contributed by atoms with E-state index in [9.17, 15) is 4.79 Å². The Morgan fingerprint density at radius 1 is 1.55 bits per heavy atom. The Balaban J connectivity index is 1.52. The van der Waals surface area contributed by atoms with Crippen LogP contribution in [0.4, 0.5) is 0 Å². The standard InChI is InChI=1S/C16H21N3OS2/c1-11-8-19(9-14-7-17-12(2)22-14)5-3-15(11)18-16(20)13-4-6-21-10-13/h4,6-7,10-11,15H,3,5,8-9H2,1-2H3,(H,18,20). The van der Waals surface area contributed by atoms with Crippen LogP contribution >= 0.6 is 22.7 Å². The SMILES string of the molecule is Cc1ncc(CN2CCC(NC(=O)c3ccsc3)C(C)C2)s1. The monoisotopic (exact) mass is 335 g/mol. The van der Waals surface area contributed by atoms with E-state index < -0.39 is 0 Å². The molecule has 0 spiro atoms. The van der Waals surface area contributed by atoms with Crippen LogP contribution in [0.3, 0.4) is 0 Å². The summed E-state index contributed by atoms with van der Waals surface area (Å²) in [6.07, 6.45) is 2.99. The van der Waals surface area contributed by atoms with Gasteiger partial charge in [-0.25, -0.2) is 4.98 Å². The van der Waals surface area contributed by atoms with Crippen molar-refractivity contribution in [1.82, 2.24) is 15.2 Å². The molecule has 0 radical (unpaired) electrons. The number of aromatic nitrogens is 1. The predicted molar refractivity (Wildman–Crippen MR) is 91.5 cm³/mol. The minimum Gasteiger partial charge on any atom is -0.349 e. The third-order valence-electron chi connectivity index (χ3n) is 4.14. The first-order valence-corrected chi connectivity index (χ1v) is 9.34. The van der Waals surface area contributed by atoms with Crippen molar-refractivity contribution in [2.75, 3.05) is 13.1 Å². The number of rotatable bonds is 4. The first kappa shape index (κ1) is 15.6. The molecule has 1 aliphatic heterocycles. The molecule has 118 valence electrons. The summed E-state index contributed by atoms with van der Waals surface area (Å²) in [5, 5.41) is 8.16. The number of likely N-dealkylation sites (tertiary alicyclic amines) is 1. The zero-order valence-corrected chi connectivity index (χ0v) is 14.5. The molecule has 6 heteroatoms. The summed E-state index contributed by atoms with van der Waals surface area (Å²) in [6, 6.07) is 2.15. The van der Waals surface area contributed by atoms with Gasteiger partial charge in [0.15, 0.2) is 0 Å². The smallest absolute Gasteiger partial charge is 0.252 e. The van der Waals surface area contributed by atoms with Crippen molar-refractivity contribution in [3.63, 3.8) is 0 Å². The molecule has 0 aliphatic carbocycles. The van der Waals surface area contributed by atoms with Crippen molar-refractivity contribution in [2.24, 2.45) is 5.92 Å². The Morgan fingerprint density at radius 2 is 2.41 bits per heavy atom. The van der Waals surface area contributed by atoms with Gasteiger partial charge in [-0.15, -0.1) is 11.3 Å². The van der Waals surface area contributed by atoms with Crippen molar-refractivity contribution in [3.8, 4) is 0 Å². The maximum absolute atomic E-state index is 12.2. The number of thiazole rings is 1. The van der Waals surface area contributed by atoms with Crippen LogP contribution in [-0.4, -0.2) is 34.9 Å². The first-order valence-electron chi connectivity index (χ1n) is 7.58. The number of carbonyl (C=O) groups excluding carboxylic acids is 1. The number of thiophene rings is 1. The minimum atomic E-state index is 0.0598. The highest BCUT2D eigenvalue weighted by Gasteiger charge is 2.27. The number of nitrogens with zero attached hydrogens (tertiary/aromatic N) is 2. The minimum absolute atomic E-state index is 0.0598. The highest BCUT2D eigenvalue weighted by atomic mass is 32.1. The van der Waals surface area contributed by atoms with Gasteiger partial charge in [0.1, 0.15) is 0 Å². The molecular weight excluding hydrogens is 314 g/mol. The van der Waals surface area contributed by atoms with E-state index in [1.54, 1.807) is 22.7 Å². The molecule has 4 nitrogen and oxygen atoms in total. The van der Waals surface area contributed by atoms with E-state index in [4.69, 9.17) is 0 Å². The van der Waals surface area contributed by atoms with Crippen LogP contribution in [0, 0.1) is 12.8 Å². The van der Waals surface area contributed by atoms with Crippen molar-refractivity contribution in [1.29, 1.82) is 0 Å². The lowest BCUT2D eigenvalue weighted by Crippen LogP contribution is -2.49. The quantitative estimate of drug-likeness (QED) is 0.933. The van der Waals surface area contributed by atoms with E-state index in [2.05, 4.69) is 22.1 Å². The van der Waals surface area contributed by atoms with E-state index in [0.717, 1.165) is 36.6 Å². The van der Waals surface area contributed by atoms with Crippen LogP contribution in [0.2, 0.25) is 0 Å². The van der Waals surface area contributed by atoms with E-state index in [1.165, 1.54) is 4.88 Å².